The first-order valence-corrected chi connectivity index (χ1v) is 5.91. The number of nitrogens with one attached hydrogen (secondary N) is 1. The van der Waals surface area contributed by atoms with E-state index in [-0.39, 0.29) is 23.5 Å². The molecular weight excluding hydrogens is 245 g/mol. The maximum Gasteiger partial charge on any atom is 0.251 e. The molecule has 0 heterocycles. The number of carbonyl (C=O) groups excluding carboxylic acids is 1. The number of hydrogen-bond acceptors (Lipinski definition) is 2. The van der Waals surface area contributed by atoms with Crippen LogP contribution in [0.1, 0.15) is 28.9 Å². The Morgan fingerprint density at radius 2 is 1.89 bits per heavy atom. The fourth-order valence-electron chi connectivity index (χ4n) is 1.76. The molecule has 3 nitrogen and oxygen atoms in total. The lowest BCUT2D eigenvalue weighted by molar-refractivity contribution is 0.0939. The average Bonchev–Trinajstić information content (AvgIpc) is 2.39. The van der Waals surface area contributed by atoms with Gasteiger partial charge in [0.15, 0.2) is 0 Å². The van der Waals surface area contributed by atoms with Crippen molar-refractivity contribution in [1.82, 2.24) is 5.32 Å². The third kappa shape index (κ3) is 3.31. The number of phenols is 1. The molecule has 2 N–H and O–H groups in total. The number of carbonyl (C=O) groups is 1. The summed E-state index contributed by atoms with van der Waals surface area (Å²) >= 11 is 0. The molecule has 2 aromatic rings. The molecule has 0 fully saturated rings. The molecule has 0 aliphatic heterocycles. The zero-order chi connectivity index (χ0) is 13.8. The molecule has 0 aromatic heterocycles. The highest BCUT2D eigenvalue weighted by molar-refractivity contribution is 5.94. The van der Waals surface area contributed by atoms with Gasteiger partial charge in [0.2, 0.25) is 0 Å². The molecule has 4 heteroatoms. The lowest BCUT2D eigenvalue weighted by Crippen LogP contribution is -2.26. The van der Waals surface area contributed by atoms with E-state index < -0.39 is 0 Å². The number of hydrogen-bond donors (Lipinski definition) is 2. The molecule has 0 radical (unpaired) electrons. The van der Waals surface area contributed by atoms with Crippen molar-refractivity contribution in [2.75, 3.05) is 0 Å². The van der Waals surface area contributed by atoms with Gasteiger partial charge >= 0.3 is 0 Å². The van der Waals surface area contributed by atoms with Crippen LogP contribution in [0.25, 0.3) is 0 Å². The van der Waals surface area contributed by atoms with Crippen molar-refractivity contribution in [3.63, 3.8) is 0 Å². The highest BCUT2D eigenvalue weighted by Gasteiger charge is 2.11. The summed E-state index contributed by atoms with van der Waals surface area (Å²) in [7, 11) is 0. The van der Waals surface area contributed by atoms with Crippen LogP contribution >= 0.6 is 0 Å². The van der Waals surface area contributed by atoms with Crippen LogP contribution in [-0.2, 0) is 0 Å². The summed E-state index contributed by atoms with van der Waals surface area (Å²) in [5.41, 5.74) is 1.20. The van der Waals surface area contributed by atoms with E-state index in [9.17, 15) is 14.3 Å². The predicted octanol–water partition coefficient (Wildman–Crippen LogP) is 3.02. The van der Waals surface area contributed by atoms with E-state index in [1.807, 2.05) is 13.0 Å². The SMILES string of the molecule is CC(NC(=O)c1ccc(F)cc1)c1cccc(O)c1. The van der Waals surface area contributed by atoms with Crippen LogP contribution in [0.5, 0.6) is 5.75 Å². The fourth-order valence-corrected chi connectivity index (χ4v) is 1.76. The van der Waals surface area contributed by atoms with Crippen molar-refractivity contribution >= 4 is 5.91 Å². The second-order valence-corrected chi connectivity index (χ2v) is 4.30. The zero-order valence-corrected chi connectivity index (χ0v) is 10.4. The molecule has 0 aliphatic carbocycles. The minimum absolute atomic E-state index is 0.153. The zero-order valence-electron chi connectivity index (χ0n) is 10.4. The Balaban J connectivity index is 2.08. The molecule has 19 heavy (non-hydrogen) atoms. The fraction of sp³-hybridized carbons (Fsp3) is 0.133. The maximum absolute atomic E-state index is 12.8. The second kappa shape index (κ2) is 5.52. The van der Waals surface area contributed by atoms with Gasteiger partial charge in [-0.1, -0.05) is 12.1 Å². The molecule has 0 bridgehead atoms. The van der Waals surface area contributed by atoms with Gasteiger partial charge in [0.1, 0.15) is 11.6 Å². The summed E-state index contributed by atoms with van der Waals surface area (Å²) in [5, 5.41) is 12.2. The maximum atomic E-state index is 12.8. The van der Waals surface area contributed by atoms with Crippen LogP contribution in [-0.4, -0.2) is 11.0 Å². The van der Waals surface area contributed by atoms with Gasteiger partial charge < -0.3 is 10.4 Å². The lowest BCUT2D eigenvalue weighted by Gasteiger charge is -2.14. The van der Waals surface area contributed by atoms with Gasteiger partial charge in [-0.15, -0.1) is 0 Å². The first-order valence-electron chi connectivity index (χ1n) is 5.91. The molecule has 0 saturated carbocycles. The molecule has 1 unspecified atom stereocenters. The molecule has 2 aromatic carbocycles. The summed E-state index contributed by atoms with van der Waals surface area (Å²) in [6, 6.07) is 11.8. The van der Waals surface area contributed by atoms with Gasteiger partial charge in [0.25, 0.3) is 5.91 Å². The van der Waals surface area contributed by atoms with Crippen LogP contribution in [0, 0.1) is 5.82 Å². The van der Waals surface area contributed by atoms with Crippen molar-refractivity contribution in [3.05, 3.63) is 65.5 Å². The number of amides is 1. The first-order chi connectivity index (χ1) is 9.06. The van der Waals surface area contributed by atoms with Gasteiger partial charge in [-0.3, -0.25) is 4.79 Å². The van der Waals surface area contributed by atoms with Gasteiger partial charge in [-0.25, -0.2) is 4.39 Å². The molecule has 1 amide bonds. The van der Waals surface area contributed by atoms with Crippen molar-refractivity contribution < 1.29 is 14.3 Å². The van der Waals surface area contributed by atoms with E-state index in [0.29, 0.717) is 5.56 Å². The van der Waals surface area contributed by atoms with E-state index in [1.165, 1.54) is 24.3 Å². The van der Waals surface area contributed by atoms with E-state index >= 15 is 0 Å². The molecule has 1 atom stereocenters. The highest BCUT2D eigenvalue weighted by Crippen LogP contribution is 2.18. The van der Waals surface area contributed by atoms with Gasteiger partial charge in [-0.05, 0) is 48.9 Å². The van der Waals surface area contributed by atoms with E-state index in [0.717, 1.165) is 5.56 Å². The van der Waals surface area contributed by atoms with Crippen LogP contribution in [0.4, 0.5) is 4.39 Å². The lowest BCUT2D eigenvalue weighted by atomic mass is 10.1. The Labute approximate surface area is 110 Å². The van der Waals surface area contributed by atoms with E-state index in [4.69, 9.17) is 0 Å². The number of halogens is 1. The third-order valence-corrected chi connectivity index (χ3v) is 2.82. The Kier molecular flexibility index (Phi) is 3.80. The summed E-state index contributed by atoms with van der Waals surface area (Å²) in [6.45, 7) is 1.82. The number of benzene rings is 2. The predicted molar refractivity (Wildman–Crippen MR) is 70.4 cm³/mol. The Hall–Kier alpha value is -2.36. The monoisotopic (exact) mass is 259 g/mol. The first kappa shape index (κ1) is 13.1. The van der Waals surface area contributed by atoms with E-state index in [2.05, 4.69) is 5.32 Å². The molecule has 0 saturated heterocycles. The number of phenolic OH excluding ortho intramolecular Hbond substituents is 1. The Bertz CT molecular complexity index is 581. The van der Waals surface area contributed by atoms with Crippen molar-refractivity contribution in [2.24, 2.45) is 0 Å². The second-order valence-electron chi connectivity index (χ2n) is 4.30. The largest absolute Gasteiger partial charge is 0.508 e. The minimum Gasteiger partial charge on any atom is -0.508 e. The number of aromatic hydroxyl groups is 1. The molecule has 98 valence electrons. The molecule has 0 aliphatic rings. The average molecular weight is 259 g/mol. The van der Waals surface area contributed by atoms with Crippen molar-refractivity contribution in [1.29, 1.82) is 0 Å². The van der Waals surface area contributed by atoms with E-state index in [1.54, 1.807) is 18.2 Å². The number of rotatable bonds is 3. The van der Waals surface area contributed by atoms with Gasteiger partial charge in [-0.2, -0.15) is 0 Å². The van der Waals surface area contributed by atoms with Crippen molar-refractivity contribution in [2.45, 2.75) is 13.0 Å². The van der Waals surface area contributed by atoms with Crippen LogP contribution in [0.15, 0.2) is 48.5 Å². The molecule has 0 spiro atoms. The third-order valence-electron chi connectivity index (χ3n) is 2.82. The minimum atomic E-state index is -0.377. The smallest absolute Gasteiger partial charge is 0.251 e. The van der Waals surface area contributed by atoms with Gasteiger partial charge in [0, 0.05) is 5.56 Å². The van der Waals surface area contributed by atoms with Crippen molar-refractivity contribution in [3.8, 4) is 5.75 Å². The summed E-state index contributed by atoms with van der Waals surface area (Å²) in [6.07, 6.45) is 0. The summed E-state index contributed by atoms with van der Waals surface area (Å²) in [4.78, 5) is 11.9. The molecule has 2 rings (SSSR count). The topological polar surface area (TPSA) is 49.3 Å². The Morgan fingerprint density at radius 1 is 1.21 bits per heavy atom. The summed E-state index contributed by atoms with van der Waals surface area (Å²) < 4.78 is 12.8. The van der Waals surface area contributed by atoms with Crippen LogP contribution < -0.4 is 5.32 Å². The van der Waals surface area contributed by atoms with Crippen LogP contribution in [0.2, 0.25) is 0 Å². The quantitative estimate of drug-likeness (QED) is 0.890. The van der Waals surface area contributed by atoms with Crippen LogP contribution in [0.3, 0.4) is 0 Å². The standard InChI is InChI=1S/C15H14FNO2/c1-10(12-3-2-4-14(18)9-12)17-15(19)11-5-7-13(16)8-6-11/h2-10,18H,1H3,(H,17,19). The highest BCUT2D eigenvalue weighted by atomic mass is 19.1. The Morgan fingerprint density at radius 3 is 2.53 bits per heavy atom. The van der Waals surface area contributed by atoms with Gasteiger partial charge in [0.05, 0.1) is 6.04 Å². The normalized spacial score (nSPS) is 11.9. The molecular formula is C15H14FNO2. The summed E-state index contributed by atoms with van der Waals surface area (Å²) in [5.74, 6) is -0.506.